The molecule has 2 saturated heterocycles. The van der Waals surface area contributed by atoms with Crippen LogP contribution < -0.4 is 5.32 Å². The molecule has 27 heavy (non-hydrogen) atoms. The van der Waals surface area contributed by atoms with Crippen molar-refractivity contribution in [2.75, 3.05) is 53.1 Å². The van der Waals surface area contributed by atoms with Gasteiger partial charge in [-0.25, -0.2) is 0 Å². The van der Waals surface area contributed by atoms with Gasteiger partial charge in [0.05, 0.1) is 13.2 Å². The molecule has 2 heterocycles. The maximum Gasteiger partial charge on any atom is 0.193 e. The Kier molecular flexibility index (Phi) is 7.56. The Labute approximate surface area is 171 Å². The summed E-state index contributed by atoms with van der Waals surface area (Å²) < 4.78 is 12.3. The van der Waals surface area contributed by atoms with Crippen LogP contribution in [-0.4, -0.2) is 64.0 Å². The number of halogens is 1. The third kappa shape index (κ3) is 5.46. The summed E-state index contributed by atoms with van der Waals surface area (Å²) in [5.74, 6) is 1.59. The lowest BCUT2D eigenvalue weighted by molar-refractivity contribution is 0.0530. The molecule has 3 rings (SSSR count). The molecule has 2 aliphatic rings. The minimum Gasteiger partial charge on any atom is -0.381 e. The molecule has 0 aliphatic carbocycles. The van der Waals surface area contributed by atoms with Gasteiger partial charge in [0, 0.05) is 55.8 Å². The number of ether oxygens (including phenoxy) is 2. The summed E-state index contributed by atoms with van der Waals surface area (Å²) in [6.07, 6.45) is 3.17. The molecule has 150 valence electrons. The smallest absolute Gasteiger partial charge is 0.193 e. The van der Waals surface area contributed by atoms with Crippen molar-refractivity contribution in [3.63, 3.8) is 0 Å². The molecule has 0 spiro atoms. The van der Waals surface area contributed by atoms with Gasteiger partial charge in [0.25, 0.3) is 0 Å². The highest BCUT2D eigenvalue weighted by Crippen LogP contribution is 2.36. The molecule has 2 aliphatic heterocycles. The number of nitrogens with zero attached hydrogens (tertiary/aromatic N) is 2. The highest BCUT2D eigenvalue weighted by molar-refractivity contribution is 9.10. The van der Waals surface area contributed by atoms with E-state index >= 15 is 0 Å². The van der Waals surface area contributed by atoms with E-state index in [-0.39, 0.29) is 5.41 Å². The number of rotatable bonds is 6. The molecule has 6 heteroatoms. The summed E-state index contributed by atoms with van der Waals surface area (Å²) in [5.41, 5.74) is 1.41. The zero-order valence-electron chi connectivity index (χ0n) is 16.5. The van der Waals surface area contributed by atoms with E-state index in [4.69, 9.17) is 14.5 Å². The fourth-order valence-electron chi connectivity index (χ4n) is 4.00. The number of benzene rings is 1. The molecule has 2 fully saturated rings. The highest BCUT2D eigenvalue weighted by atomic mass is 79.9. The zero-order chi connectivity index (χ0) is 19.1. The van der Waals surface area contributed by atoms with E-state index in [0.717, 1.165) is 75.8 Å². The third-order valence-electron chi connectivity index (χ3n) is 5.69. The Balaban J connectivity index is 1.76. The monoisotopic (exact) mass is 437 g/mol. The van der Waals surface area contributed by atoms with Crippen LogP contribution in [0.15, 0.2) is 33.7 Å². The van der Waals surface area contributed by atoms with E-state index in [9.17, 15) is 0 Å². The van der Waals surface area contributed by atoms with Crippen LogP contribution in [0.5, 0.6) is 0 Å². The lowest BCUT2D eigenvalue weighted by atomic mass is 9.74. The van der Waals surface area contributed by atoms with Crippen LogP contribution in [0, 0.1) is 5.92 Å². The topological polar surface area (TPSA) is 46.1 Å². The molecular formula is C21H32BrN3O2. The largest absolute Gasteiger partial charge is 0.381 e. The lowest BCUT2D eigenvalue weighted by Crippen LogP contribution is -2.43. The van der Waals surface area contributed by atoms with E-state index in [1.165, 1.54) is 5.56 Å². The van der Waals surface area contributed by atoms with Crippen LogP contribution in [0.25, 0.3) is 0 Å². The zero-order valence-corrected chi connectivity index (χ0v) is 18.1. The first-order valence-corrected chi connectivity index (χ1v) is 10.8. The molecule has 1 atom stereocenters. The van der Waals surface area contributed by atoms with Gasteiger partial charge in [0.15, 0.2) is 5.96 Å². The van der Waals surface area contributed by atoms with Gasteiger partial charge in [0.2, 0.25) is 0 Å². The van der Waals surface area contributed by atoms with Crippen LogP contribution in [-0.2, 0) is 14.9 Å². The Morgan fingerprint density at radius 1 is 1.22 bits per heavy atom. The van der Waals surface area contributed by atoms with Gasteiger partial charge in [0.1, 0.15) is 0 Å². The fourth-order valence-corrected chi connectivity index (χ4v) is 4.26. The van der Waals surface area contributed by atoms with Crippen molar-refractivity contribution in [3.8, 4) is 0 Å². The van der Waals surface area contributed by atoms with Crippen molar-refractivity contribution in [1.29, 1.82) is 0 Å². The normalized spacial score (nSPS) is 22.6. The lowest BCUT2D eigenvalue weighted by Gasteiger charge is -2.37. The van der Waals surface area contributed by atoms with Crippen LogP contribution in [0.4, 0.5) is 0 Å². The molecule has 1 N–H and O–H groups in total. The quantitative estimate of drug-likeness (QED) is 0.546. The van der Waals surface area contributed by atoms with Crippen LogP contribution in [0.2, 0.25) is 0 Å². The molecule has 1 unspecified atom stereocenters. The molecule has 0 amide bonds. The second-order valence-electron chi connectivity index (χ2n) is 7.68. The Bertz CT molecular complexity index is 608. The van der Waals surface area contributed by atoms with Gasteiger partial charge in [-0.15, -0.1) is 0 Å². The van der Waals surface area contributed by atoms with Crippen molar-refractivity contribution in [1.82, 2.24) is 10.2 Å². The van der Waals surface area contributed by atoms with Crippen molar-refractivity contribution in [2.45, 2.75) is 31.6 Å². The summed E-state index contributed by atoms with van der Waals surface area (Å²) >= 11 is 3.55. The number of nitrogens with one attached hydrogen (secondary N) is 1. The Morgan fingerprint density at radius 2 is 1.96 bits per heavy atom. The highest BCUT2D eigenvalue weighted by Gasteiger charge is 2.34. The van der Waals surface area contributed by atoms with Gasteiger partial charge in [-0.1, -0.05) is 28.1 Å². The summed E-state index contributed by atoms with van der Waals surface area (Å²) in [4.78, 5) is 7.33. The SMILES string of the molecule is CCNC(=NCC1(c2ccc(Br)cc2)CCOCC1)N(C)CC1CCOC1. The predicted molar refractivity (Wildman–Crippen MR) is 113 cm³/mol. The third-order valence-corrected chi connectivity index (χ3v) is 6.22. The van der Waals surface area contributed by atoms with E-state index in [1.807, 2.05) is 0 Å². The fraction of sp³-hybridized carbons (Fsp3) is 0.667. The van der Waals surface area contributed by atoms with Gasteiger partial charge in [-0.05, 0) is 43.9 Å². The van der Waals surface area contributed by atoms with Gasteiger partial charge < -0.3 is 19.7 Å². The molecule has 1 aromatic rings. The van der Waals surface area contributed by atoms with Crippen LogP contribution in [0.1, 0.15) is 31.7 Å². The minimum absolute atomic E-state index is 0.0525. The first kappa shape index (κ1) is 20.6. The Morgan fingerprint density at radius 3 is 2.59 bits per heavy atom. The summed E-state index contributed by atoms with van der Waals surface area (Å²) in [7, 11) is 2.14. The first-order chi connectivity index (χ1) is 13.1. The summed E-state index contributed by atoms with van der Waals surface area (Å²) in [5, 5.41) is 3.47. The van der Waals surface area contributed by atoms with Crippen molar-refractivity contribution in [2.24, 2.45) is 10.9 Å². The second-order valence-corrected chi connectivity index (χ2v) is 8.60. The average molecular weight is 438 g/mol. The number of guanidine groups is 1. The van der Waals surface area contributed by atoms with E-state index < -0.39 is 0 Å². The predicted octanol–water partition coefficient (Wildman–Crippen LogP) is 3.43. The molecule has 5 nitrogen and oxygen atoms in total. The maximum absolute atomic E-state index is 5.66. The summed E-state index contributed by atoms with van der Waals surface area (Å²) in [6, 6.07) is 8.73. The number of aliphatic imine (C=N–C) groups is 1. The van der Waals surface area contributed by atoms with Crippen LogP contribution >= 0.6 is 15.9 Å². The average Bonchev–Trinajstić information content (AvgIpc) is 3.19. The molecule has 1 aromatic carbocycles. The number of hydrogen-bond donors (Lipinski definition) is 1. The van der Waals surface area contributed by atoms with E-state index in [0.29, 0.717) is 5.92 Å². The van der Waals surface area contributed by atoms with Gasteiger partial charge in [-0.2, -0.15) is 0 Å². The van der Waals surface area contributed by atoms with Crippen molar-refractivity contribution in [3.05, 3.63) is 34.3 Å². The molecular weight excluding hydrogens is 406 g/mol. The molecule has 0 aromatic heterocycles. The van der Waals surface area contributed by atoms with Gasteiger partial charge in [-0.3, -0.25) is 4.99 Å². The first-order valence-electron chi connectivity index (χ1n) is 10.0. The number of hydrogen-bond acceptors (Lipinski definition) is 3. The van der Waals surface area contributed by atoms with E-state index in [2.05, 4.69) is 64.4 Å². The maximum atomic E-state index is 5.66. The standard InChI is InChI=1S/C21H32BrN3O2/c1-3-23-20(25(2)14-17-8-11-27-15-17)24-16-21(9-12-26-13-10-21)18-4-6-19(22)7-5-18/h4-7,17H,3,8-16H2,1-2H3,(H,23,24). The molecule has 0 saturated carbocycles. The molecule has 0 bridgehead atoms. The van der Waals surface area contributed by atoms with E-state index in [1.54, 1.807) is 0 Å². The van der Waals surface area contributed by atoms with Crippen molar-refractivity contribution < 1.29 is 9.47 Å². The Hall–Kier alpha value is -1.11. The van der Waals surface area contributed by atoms with Gasteiger partial charge >= 0.3 is 0 Å². The summed E-state index contributed by atoms with van der Waals surface area (Å²) in [6.45, 7) is 8.13. The molecule has 0 radical (unpaired) electrons. The van der Waals surface area contributed by atoms with Crippen molar-refractivity contribution >= 4 is 21.9 Å². The second kappa shape index (κ2) is 9.89. The minimum atomic E-state index is 0.0525. The van der Waals surface area contributed by atoms with Crippen LogP contribution in [0.3, 0.4) is 0 Å².